The number of carboxylic acids is 1. The molecule has 0 radical (unpaired) electrons. The SMILES string of the molecule is COC(=O)CCN(C)C(=O)NC1COCC1C(=O)O. The molecular weight excluding hydrogens is 256 g/mol. The van der Waals surface area contributed by atoms with E-state index in [4.69, 9.17) is 9.84 Å². The average Bonchev–Trinajstić information content (AvgIpc) is 2.83. The minimum Gasteiger partial charge on any atom is -0.481 e. The number of amides is 2. The van der Waals surface area contributed by atoms with Crippen LogP contribution < -0.4 is 5.32 Å². The fraction of sp³-hybridized carbons (Fsp3) is 0.727. The fourth-order valence-electron chi connectivity index (χ4n) is 1.67. The van der Waals surface area contributed by atoms with Gasteiger partial charge < -0.3 is 24.8 Å². The lowest BCUT2D eigenvalue weighted by Gasteiger charge is -2.21. The molecule has 0 aliphatic carbocycles. The Bertz CT molecular complexity index is 359. The maximum absolute atomic E-state index is 11.8. The number of carbonyl (C=O) groups excluding carboxylic acids is 2. The standard InChI is InChI=1S/C11H18N2O6/c1-13(4-3-9(14)18-2)11(17)12-8-6-19-5-7(8)10(15)16/h7-8H,3-6H2,1-2H3,(H,12,17)(H,15,16). The Morgan fingerprint density at radius 1 is 1.42 bits per heavy atom. The molecule has 2 atom stereocenters. The van der Waals surface area contributed by atoms with Crippen LogP contribution in [-0.4, -0.2) is 67.9 Å². The van der Waals surface area contributed by atoms with E-state index in [-0.39, 0.29) is 26.2 Å². The van der Waals surface area contributed by atoms with E-state index in [0.717, 1.165) is 0 Å². The van der Waals surface area contributed by atoms with Crippen molar-refractivity contribution < 1.29 is 29.0 Å². The van der Waals surface area contributed by atoms with Crippen molar-refractivity contribution in [1.82, 2.24) is 10.2 Å². The number of hydrogen-bond acceptors (Lipinski definition) is 5. The van der Waals surface area contributed by atoms with Crippen molar-refractivity contribution in [3.05, 3.63) is 0 Å². The summed E-state index contributed by atoms with van der Waals surface area (Å²) in [4.78, 5) is 34.9. The number of esters is 1. The molecule has 19 heavy (non-hydrogen) atoms. The largest absolute Gasteiger partial charge is 0.481 e. The summed E-state index contributed by atoms with van der Waals surface area (Å²) in [5.74, 6) is -2.15. The molecule has 0 aromatic rings. The van der Waals surface area contributed by atoms with Crippen LogP contribution in [0.3, 0.4) is 0 Å². The first-order chi connectivity index (χ1) is 8.95. The van der Waals surface area contributed by atoms with Crippen molar-refractivity contribution >= 4 is 18.0 Å². The Hall–Kier alpha value is -1.83. The molecule has 0 aromatic heterocycles. The van der Waals surface area contributed by atoms with Crippen LogP contribution in [0.4, 0.5) is 4.79 Å². The molecule has 2 N–H and O–H groups in total. The fourth-order valence-corrected chi connectivity index (χ4v) is 1.67. The second kappa shape index (κ2) is 6.93. The average molecular weight is 274 g/mol. The predicted molar refractivity (Wildman–Crippen MR) is 63.5 cm³/mol. The molecule has 8 nitrogen and oxygen atoms in total. The highest BCUT2D eigenvalue weighted by Gasteiger charge is 2.35. The number of ether oxygens (including phenoxy) is 2. The van der Waals surface area contributed by atoms with Crippen molar-refractivity contribution in [3.63, 3.8) is 0 Å². The highest BCUT2D eigenvalue weighted by atomic mass is 16.5. The number of rotatable bonds is 5. The number of methoxy groups -OCH3 is 1. The Kier molecular flexibility index (Phi) is 5.56. The van der Waals surface area contributed by atoms with E-state index < -0.39 is 29.9 Å². The number of aliphatic carboxylic acids is 1. The molecule has 0 bridgehead atoms. The third-order valence-electron chi connectivity index (χ3n) is 2.93. The second-order valence-corrected chi connectivity index (χ2v) is 4.29. The summed E-state index contributed by atoms with van der Waals surface area (Å²) in [5, 5.41) is 11.5. The number of urea groups is 1. The lowest BCUT2D eigenvalue weighted by Crippen LogP contribution is -2.48. The smallest absolute Gasteiger partial charge is 0.317 e. The van der Waals surface area contributed by atoms with Crippen molar-refractivity contribution in [1.29, 1.82) is 0 Å². The summed E-state index contributed by atoms with van der Waals surface area (Å²) in [6, 6.07) is -0.990. The molecule has 8 heteroatoms. The highest BCUT2D eigenvalue weighted by molar-refractivity contribution is 5.77. The lowest BCUT2D eigenvalue weighted by atomic mass is 10.0. The van der Waals surface area contributed by atoms with E-state index in [0.29, 0.717) is 0 Å². The molecule has 0 spiro atoms. The number of carboxylic acid groups (broad SMARTS) is 1. The van der Waals surface area contributed by atoms with Gasteiger partial charge in [0.25, 0.3) is 0 Å². The quantitative estimate of drug-likeness (QED) is 0.642. The van der Waals surface area contributed by atoms with Crippen LogP contribution in [-0.2, 0) is 19.1 Å². The second-order valence-electron chi connectivity index (χ2n) is 4.29. The van der Waals surface area contributed by atoms with Gasteiger partial charge >= 0.3 is 18.0 Å². The van der Waals surface area contributed by atoms with E-state index in [2.05, 4.69) is 10.1 Å². The minimum atomic E-state index is -1.000. The van der Waals surface area contributed by atoms with Gasteiger partial charge in [0.15, 0.2) is 0 Å². The van der Waals surface area contributed by atoms with Crippen LogP contribution in [0.25, 0.3) is 0 Å². The summed E-state index contributed by atoms with van der Waals surface area (Å²) in [7, 11) is 2.79. The third kappa shape index (κ3) is 4.40. The molecule has 2 amide bonds. The van der Waals surface area contributed by atoms with Crippen LogP contribution in [0, 0.1) is 5.92 Å². The lowest BCUT2D eigenvalue weighted by molar-refractivity contribution is -0.142. The molecule has 0 aromatic carbocycles. The molecule has 108 valence electrons. The van der Waals surface area contributed by atoms with Crippen molar-refractivity contribution in [2.75, 3.05) is 33.9 Å². The van der Waals surface area contributed by atoms with E-state index in [9.17, 15) is 14.4 Å². The van der Waals surface area contributed by atoms with Crippen LogP contribution in [0.5, 0.6) is 0 Å². The first-order valence-electron chi connectivity index (χ1n) is 5.84. The Balaban J connectivity index is 2.41. The van der Waals surface area contributed by atoms with Crippen LogP contribution in [0.2, 0.25) is 0 Å². The number of hydrogen-bond donors (Lipinski definition) is 2. The molecular formula is C11H18N2O6. The van der Waals surface area contributed by atoms with Gasteiger partial charge in [0.1, 0.15) is 5.92 Å². The molecule has 1 saturated heterocycles. The Morgan fingerprint density at radius 2 is 2.11 bits per heavy atom. The monoisotopic (exact) mass is 274 g/mol. The maximum atomic E-state index is 11.8. The van der Waals surface area contributed by atoms with Crippen molar-refractivity contribution in [2.24, 2.45) is 5.92 Å². The third-order valence-corrected chi connectivity index (χ3v) is 2.93. The normalized spacial score (nSPS) is 21.8. The van der Waals surface area contributed by atoms with Gasteiger partial charge in [-0.3, -0.25) is 9.59 Å². The molecule has 2 unspecified atom stereocenters. The van der Waals surface area contributed by atoms with Crippen molar-refractivity contribution in [2.45, 2.75) is 12.5 Å². The summed E-state index contributed by atoms with van der Waals surface area (Å²) in [6.45, 7) is 0.462. The van der Waals surface area contributed by atoms with Crippen molar-refractivity contribution in [3.8, 4) is 0 Å². The zero-order valence-electron chi connectivity index (χ0n) is 10.9. The van der Waals surface area contributed by atoms with Crippen LogP contribution in [0.15, 0.2) is 0 Å². The Morgan fingerprint density at radius 3 is 2.68 bits per heavy atom. The summed E-state index contributed by atoms with van der Waals surface area (Å²) < 4.78 is 9.51. The van der Waals surface area contributed by atoms with E-state index >= 15 is 0 Å². The zero-order chi connectivity index (χ0) is 14.4. The number of carbonyl (C=O) groups is 3. The highest BCUT2D eigenvalue weighted by Crippen LogP contribution is 2.14. The molecule has 1 aliphatic heterocycles. The molecule has 1 aliphatic rings. The van der Waals surface area contributed by atoms with Gasteiger partial charge in [0.2, 0.25) is 0 Å². The summed E-state index contributed by atoms with van der Waals surface area (Å²) in [6.07, 6.45) is 0.0872. The van der Waals surface area contributed by atoms with Gasteiger partial charge in [-0.1, -0.05) is 0 Å². The molecule has 1 fully saturated rings. The molecule has 1 rings (SSSR count). The minimum absolute atomic E-state index is 0.0872. The zero-order valence-corrected chi connectivity index (χ0v) is 10.9. The summed E-state index contributed by atoms with van der Waals surface area (Å²) in [5.41, 5.74) is 0. The molecule has 1 heterocycles. The summed E-state index contributed by atoms with van der Waals surface area (Å²) >= 11 is 0. The van der Waals surface area contributed by atoms with Gasteiger partial charge in [-0.15, -0.1) is 0 Å². The van der Waals surface area contributed by atoms with Gasteiger partial charge in [-0.05, 0) is 0 Å². The first kappa shape index (κ1) is 15.2. The van der Waals surface area contributed by atoms with E-state index in [1.165, 1.54) is 19.1 Å². The maximum Gasteiger partial charge on any atom is 0.317 e. The van der Waals surface area contributed by atoms with Gasteiger partial charge in [-0.2, -0.15) is 0 Å². The Labute approximate surface area is 110 Å². The van der Waals surface area contributed by atoms with Gasteiger partial charge in [0.05, 0.1) is 32.8 Å². The number of nitrogens with zero attached hydrogens (tertiary/aromatic N) is 1. The van der Waals surface area contributed by atoms with E-state index in [1.807, 2.05) is 0 Å². The predicted octanol–water partition coefficient (Wildman–Crippen LogP) is -0.709. The van der Waals surface area contributed by atoms with Crippen LogP contribution >= 0.6 is 0 Å². The molecule has 0 saturated carbocycles. The number of nitrogens with one attached hydrogen (secondary N) is 1. The van der Waals surface area contributed by atoms with E-state index in [1.54, 1.807) is 0 Å². The van der Waals surface area contributed by atoms with Crippen LogP contribution in [0.1, 0.15) is 6.42 Å². The topological polar surface area (TPSA) is 105 Å². The van der Waals surface area contributed by atoms with Gasteiger partial charge in [-0.25, -0.2) is 4.79 Å². The van der Waals surface area contributed by atoms with Gasteiger partial charge in [0, 0.05) is 13.6 Å². The first-order valence-corrected chi connectivity index (χ1v) is 5.84.